The van der Waals surface area contributed by atoms with Gasteiger partial charge in [0.25, 0.3) is 0 Å². The van der Waals surface area contributed by atoms with Gasteiger partial charge in [-0.15, -0.1) is 0 Å². The third-order valence-electron chi connectivity index (χ3n) is 9.56. The summed E-state index contributed by atoms with van der Waals surface area (Å²) in [6.45, 7) is 8.73. The van der Waals surface area contributed by atoms with Crippen molar-refractivity contribution in [2.24, 2.45) is 0 Å². The molecule has 0 aliphatic heterocycles. The van der Waals surface area contributed by atoms with Crippen molar-refractivity contribution in [1.29, 1.82) is 0 Å². The highest BCUT2D eigenvalue weighted by Gasteiger charge is 2.20. The predicted molar refractivity (Wildman–Crippen MR) is 197 cm³/mol. The Hall–Kier alpha value is -5.53. The molecule has 1 heteroatoms. The summed E-state index contributed by atoms with van der Waals surface area (Å²) in [5, 5.41) is 7.62. The Morgan fingerprint density at radius 3 is 1.35 bits per heavy atom. The number of benzene rings is 7. The minimum Gasteiger partial charge on any atom is -0.261 e. The first kappa shape index (κ1) is 28.0. The lowest BCUT2D eigenvalue weighted by Gasteiger charge is -2.20. The SMILES string of the molecule is Cc1cc(C)c(-c2ccc(-c3c4ccccc4c(-c4ccc(-c5cccnc5C)cc4)c4ccccc34)c3ccccc23)c(C)c1. The van der Waals surface area contributed by atoms with E-state index in [2.05, 4.69) is 160 Å². The van der Waals surface area contributed by atoms with Crippen LogP contribution in [0.1, 0.15) is 22.4 Å². The number of hydrogen-bond donors (Lipinski definition) is 0. The van der Waals surface area contributed by atoms with Crippen LogP contribution in [-0.4, -0.2) is 4.98 Å². The monoisotopic (exact) mass is 589 g/mol. The van der Waals surface area contributed by atoms with Crippen molar-refractivity contribution in [2.45, 2.75) is 27.7 Å². The Bertz CT molecular complexity index is 2370. The van der Waals surface area contributed by atoms with Gasteiger partial charge < -0.3 is 0 Å². The molecule has 0 amide bonds. The third-order valence-corrected chi connectivity index (χ3v) is 9.56. The molecule has 220 valence electrons. The van der Waals surface area contributed by atoms with E-state index in [-0.39, 0.29) is 0 Å². The smallest absolute Gasteiger partial charge is 0.0450 e. The molecule has 0 saturated heterocycles. The van der Waals surface area contributed by atoms with Crippen LogP contribution in [-0.2, 0) is 0 Å². The molecule has 0 unspecified atom stereocenters. The Labute approximate surface area is 270 Å². The summed E-state index contributed by atoms with van der Waals surface area (Å²) in [6, 6.07) is 49.3. The normalized spacial score (nSPS) is 11.5. The average Bonchev–Trinajstić information content (AvgIpc) is 3.07. The van der Waals surface area contributed by atoms with Gasteiger partial charge in [0.1, 0.15) is 0 Å². The van der Waals surface area contributed by atoms with Gasteiger partial charge in [-0.25, -0.2) is 0 Å². The molecule has 7 aromatic carbocycles. The zero-order valence-electron chi connectivity index (χ0n) is 26.7. The van der Waals surface area contributed by atoms with Crippen LogP contribution in [0, 0.1) is 27.7 Å². The van der Waals surface area contributed by atoms with Crippen molar-refractivity contribution in [2.75, 3.05) is 0 Å². The largest absolute Gasteiger partial charge is 0.261 e. The lowest BCUT2D eigenvalue weighted by atomic mass is 9.83. The van der Waals surface area contributed by atoms with Gasteiger partial charge in [0.15, 0.2) is 0 Å². The molecule has 1 heterocycles. The lowest BCUT2D eigenvalue weighted by molar-refractivity contribution is 1.20. The molecule has 0 spiro atoms. The zero-order valence-corrected chi connectivity index (χ0v) is 26.7. The van der Waals surface area contributed by atoms with Crippen LogP contribution in [0.25, 0.3) is 76.8 Å². The molecule has 0 atom stereocenters. The van der Waals surface area contributed by atoms with E-state index in [9.17, 15) is 0 Å². The quantitative estimate of drug-likeness (QED) is 0.186. The van der Waals surface area contributed by atoms with Gasteiger partial charge in [0.05, 0.1) is 0 Å². The number of aromatic nitrogens is 1. The van der Waals surface area contributed by atoms with Gasteiger partial charge >= 0.3 is 0 Å². The first-order valence-electron chi connectivity index (χ1n) is 16.1. The Morgan fingerprint density at radius 1 is 0.370 bits per heavy atom. The minimum atomic E-state index is 1.04. The second-order valence-corrected chi connectivity index (χ2v) is 12.5. The van der Waals surface area contributed by atoms with Crippen molar-refractivity contribution in [3.05, 3.63) is 162 Å². The summed E-state index contributed by atoms with van der Waals surface area (Å²) in [4.78, 5) is 4.51. The number of fused-ring (bicyclic) bond motifs is 3. The fourth-order valence-corrected chi connectivity index (χ4v) is 7.68. The minimum absolute atomic E-state index is 1.04. The fraction of sp³-hybridized carbons (Fsp3) is 0.0889. The van der Waals surface area contributed by atoms with Gasteiger partial charge in [-0.2, -0.15) is 0 Å². The summed E-state index contributed by atoms with van der Waals surface area (Å²) in [5.74, 6) is 0. The predicted octanol–water partition coefficient (Wildman–Crippen LogP) is 12.4. The summed E-state index contributed by atoms with van der Waals surface area (Å²) >= 11 is 0. The molecule has 46 heavy (non-hydrogen) atoms. The zero-order chi connectivity index (χ0) is 31.4. The van der Waals surface area contributed by atoms with Crippen LogP contribution < -0.4 is 0 Å². The topological polar surface area (TPSA) is 12.9 Å². The van der Waals surface area contributed by atoms with E-state index in [1.807, 2.05) is 12.3 Å². The molecule has 0 radical (unpaired) electrons. The molecule has 0 aliphatic carbocycles. The Morgan fingerprint density at radius 2 is 0.826 bits per heavy atom. The molecule has 0 saturated carbocycles. The molecule has 0 bridgehead atoms. The Kier molecular flexibility index (Phi) is 6.76. The summed E-state index contributed by atoms with van der Waals surface area (Å²) in [7, 11) is 0. The number of rotatable bonds is 4. The summed E-state index contributed by atoms with van der Waals surface area (Å²) < 4.78 is 0. The highest BCUT2D eigenvalue weighted by molar-refractivity contribution is 6.24. The lowest BCUT2D eigenvalue weighted by Crippen LogP contribution is -1.94. The van der Waals surface area contributed by atoms with E-state index in [0.717, 1.165) is 5.69 Å². The maximum absolute atomic E-state index is 4.51. The fourth-order valence-electron chi connectivity index (χ4n) is 7.68. The van der Waals surface area contributed by atoms with Crippen LogP contribution in [0.2, 0.25) is 0 Å². The van der Waals surface area contributed by atoms with Crippen LogP contribution in [0.3, 0.4) is 0 Å². The number of aryl methyl sites for hydroxylation is 4. The summed E-state index contributed by atoms with van der Waals surface area (Å²) in [6.07, 6.45) is 1.86. The number of pyridine rings is 1. The second kappa shape index (κ2) is 11.1. The second-order valence-electron chi connectivity index (χ2n) is 12.5. The molecule has 1 nitrogen and oxygen atoms in total. The van der Waals surface area contributed by atoms with Crippen molar-refractivity contribution in [1.82, 2.24) is 4.98 Å². The van der Waals surface area contributed by atoms with E-state index >= 15 is 0 Å². The van der Waals surface area contributed by atoms with Gasteiger partial charge in [-0.05, 0) is 116 Å². The Balaban J connectivity index is 1.39. The molecule has 0 fully saturated rings. The van der Waals surface area contributed by atoms with E-state index in [1.165, 1.54) is 93.5 Å². The number of nitrogens with zero attached hydrogens (tertiary/aromatic N) is 1. The summed E-state index contributed by atoms with van der Waals surface area (Å²) in [5.41, 5.74) is 15.0. The van der Waals surface area contributed by atoms with Crippen molar-refractivity contribution < 1.29 is 0 Å². The maximum Gasteiger partial charge on any atom is 0.0450 e. The van der Waals surface area contributed by atoms with Crippen LogP contribution in [0.4, 0.5) is 0 Å². The van der Waals surface area contributed by atoms with E-state index < -0.39 is 0 Å². The van der Waals surface area contributed by atoms with Gasteiger partial charge in [-0.1, -0.05) is 133 Å². The van der Waals surface area contributed by atoms with Gasteiger partial charge in [-0.3, -0.25) is 4.98 Å². The molecule has 0 N–H and O–H groups in total. The van der Waals surface area contributed by atoms with E-state index in [4.69, 9.17) is 0 Å². The van der Waals surface area contributed by atoms with Crippen LogP contribution in [0.5, 0.6) is 0 Å². The molecule has 8 aromatic rings. The average molecular weight is 590 g/mol. The van der Waals surface area contributed by atoms with Gasteiger partial charge in [0, 0.05) is 17.5 Å². The van der Waals surface area contributed by atoms with Crippen LogP contribution >= 0.6 is 0 Å². The van der Waals surface area contributed by atoms with Gasteiger partial charge in [0.2, 0.25) is 0 Å². The maximum atomic E-state index is 4.51. The standard InChI is InChI=1S/C45H35N/c1-28-26-29(2)43(30(3)27-28)41-23-24-42(36-13-6-5-12-35(36)41)45-39-16-9-7-14-37(39)44(38-15-8-10-17-40(38)45)33-21-19-32(20-22-33)34-18-11-25-46-31(34)4/h5-27H,1-4H3. The van der Waals surface area contributed by atoms with E-state index in [1.54, 1.807) is 0 Å². The number of hydrogen-bond acceptors (Lipinski definition) is 1. The van der Waals surface area contributed by atoms with Crippen molar-refractivity contribution in [3.8, 4) is 44.5 Å². The molecule has 8 rings (SSSR count). The first-order valence-corrected chi connectivity index (χ1v) is 16.1. The van der Waals surface area contributed by atoms with Crippen molar-refractivity contribution >= 4 is 32.3 Å². The first-order chi connectivity index (χ1) is 22.5. The molecule has 1 aromatic heterocycles. The molecule has 0 aliphatic rings. The van der Waals surface area contributed by atoms with Crippen LogP contribution in [0.15, 0.2) is 140 Å². The van der Waals surface area contributed by atoms with E-state index in [0.29, 0.717) is 0 Å². The highest BCUT2D eigenvalue weighted by atomic mass is 14.7. The molecular weight excluding hydrogens is 555 g/mol. The molecular formula is C45H35N. The third kappa shape index (κ3) is 4.51. The highest BCUT2D eigenvalue weighted by Crippen LogP contribution is 2.47. The van der Waals surface area contributed by atoms with Crippen molar-refractivity contribution in [3.63, 3.8) is 0 Å².